The van der Waals surface area contributed by atoms with Gasteiger partial charge in [0.05, 0.1) is 5.52 Å². The first-order valence-electron chi connectivity index (χ1n) is 11.6. The van der Waals surface area contributed by atoms with E-state index in [-0.39, 0.29) is 5.56 Å². The van der Waals surface area contributed by atoms with Gasteiger partial charge in [0.25, 0.3) is 5.56 Å². The fraction of sp³-hybridized carbons (Fsp3) is 0.286. The Morgan fingerprint density at radius 2 is 1.85 bits per heavy atom. The lowest BCUT2D eigenvalue weighted by Gasteiger charge is -2.43. The lowest BCUT2D eigenvalue weighted by molar-refractivity contribution is 0.114. The first-order valence-corrected chi connectivity index (χ1v) is 12.8. The van der Waals surface area contributed by atoms with Gasteiger partial charge in [0.2, 0.25) is 0 Å². The van der Waals surface area contributed by atoms with Gasteiger partial charge < -0.3 is 4.57 Å². The Bertz CT molecular complexity index is 1380. The van der Waals surface area contributed by atoms with Crippen molar-refractivity contribution in [1.29, 1.82) is 0 Å². The molecule has 4 nitrogen and oxygen atoms in total. The summed E-state index contributed by atoms with van der Waals surface area (Å²) in [4.78, 5) is 21.3. The fourth-order valence-corrected chi connectivity index (χ4v) is 6.13. The van der Waals surface area contributed by atoms with Crippen LogP contribution in [0, 0.1) is 5.92 Å². The Morgan fingerprint density at radius 3 is 2.70 bits per heavy atom. The maximum absolute atomic E-state index is 12.8. The number of piperidine rings is 1. The number of hydrogen-bond donors (Lipinski definition) is 0. The first-order chi connectivity index (χ1) is 16.2. The van der Waals surface area contributed by atoms with Crippen LogP contribution in [0.4, 0.5) is 0 Å². The van der Waals surface area contributed by atoms with E-state index in [4.69, 9.17) is 0 Å². The number of aromatic nitrogens is 2. The molecule has 6 rings (SSSR count). The molecule has 0 radical (unpaired) electrons. The first kappa shape index (κ1) is 20.7. The predicted octanol–water partition coefficient (Wildman–Crippen LogP) is 5.40. The van der Waals surface area contributed by atoms with Crippen molar-refractivity contribution in [2.75, 3.05) is 19.3 Å². The number of fused-ring (bicyclic) bond motifs is 5. The summed E-state index contributed by atoms with van der Waals surface area (Å²) in [5, 5.41) is 1.19. The summed E-state index contributed by atoms with van der Waals surface area (Å²) < 4.78 is 2.06. The Kier molecular flexibility index (Phi) is 5.31. The average Bonchev–Trinajstić information content (AvgIpc) is 2.85. The number of para-hydroxylation sites is 1. The highest BCUT2D eigenvalue weighted by Crippen LogP contribution is 2.40. The molecule has 0 aliphatic carbocycles. The van der Waals surface area contributed by atoms with Gasteiger partial charge in [-0.15, -0.1) is 11.8 Å². The SMILES string of the molecule is CSc1ccc(-c2ccc(=O)n3c2[C@H]2C[C@@H](CN(Cc4cnc5ccccc5c4)C2)C3)cc1. The van der Waals surface area contributed by atoms with E-state index in [1.807, 2.05) is 18.3 Å². The van der Waals surface area contributed by atoms with Crippen LogP contribution in [0.15, 0.2) is 82.6 Å². The molecule has 0 spiro atoms. The number of nitrogens with zero attached hydrogens (tertiary/aromatic N) is 3. The molecular weight excluding hydrogens is 426 g/mol. The van der Waals surface area contributed by atoms with Crippen LogP contribution in [0.25, 0.3) is 22.0 Å². The highest BCUT2D eigenvalue weighted by molar-refractivity contribution is 7.98. The molecule has 0 unspecified atom stereocenters. The van der Waals surface area contributed by atoms with Gasteiger partial charge in [0.15, 0.2) is 0 Å². The van der Waals surface area contributed by atoms with Crippen LogP contribution in [0.2, 0.25) is 0 Å². The molecule has 2 aliphatic heterocycles. The number of likely N-dealkylation sites (tertiary alicyclic amines) is 1. The Balaban J connectivity index is 1.32. The minimum absolute atomic E-state index is 0.136. The normalized spacial score (nSPS) is 20.0. The van der Waals surface area contributed by atoms with Crippen molar-refractivity contribution in [3.05, 3.63) is 94.5 Å². The highest BCUT2D eigenvalue weighted by atomic mass is 32.2. The maximum Gasteiger partial charge on any atom is 0.250 e. The molecule has 2 aromatic heterocycles. The number of benzene rings is 2. The number of pyridine rings is 2. The summed E-state index contributed by atoms with van der Waals surface area (Å²) in [5.74, 6) is 0.881. The van der Waals surface area contributed by atoms with Crippen molar-refractivity contribution in [2.45, 2.75) is 30.3 Å². The number of rotatable bonds is 4. The summed E-state index contributed by atoms with van der Waals surface area (Å²) in [7, 11) is 0. The molecule has 4 heterocycles. The van der Waals surface area contributed by atoms with Crippen molar-refractivity contribution < 1.29 is 0 Å². The van der Waals surface area contributed by atoms with Crippen molar-refractivity contribution >= 4 is 22.7 Å². The second-order valence-electron chi connectivity index (χ2n) is 9.34. The summed E-state index contributed by atoms with van der Waals surface area (Å²) in [6.07, 6.45) is 5.27. The molecule has 1 saturated heterocycles. The number of thioether (sulfide) groups is 1. The average molecular weight is 454 g/mol. The van der Waals surface area contributed by atoms with Crippen molar-refractivity contribution in [2.24, 2.45) is 5.92 Å². The Hall–Kier alpha value is -2.89. The largest absolute Gasteiger partial charge is 0.311 e. The standard InChI is InChI=1S/C28H27N3OS/c1-33-24-8-6-21(7-9-24)25-10-11-27(32)31-17-20-13-23(28(25)31)18-30(16-20)15-19-12-22-4-2-3-5-26(22)29-14-19/h2-12,14,20,23H,13,15-18H2,1H3/t20-,23-/m0/s1. The smallest absolute Gasteiger partial charge is 0.250 e. The molecule has 4 aromatic rings. The third kappa shape index (κ3) is 3.90. The van der Waals surface area contributed by atoms with Gasteiger partial charge in [-0.05, 0) is 60.1 Å². The van der Waals surface area contributed by atoms with Crippen LogP contribution in [-0.4, -0.2) is 33.8 Å². The van der Waals surface area contributed by atoms with Crippen LogP contribution in [-0.2, 0) is 13.1 Å². The molecule has 0 saturated carbocycles. The second-order valence-corrected chi connectivity index (χ2v) is 10.2. The maximum atomic E-state index is 12.8. The third-order valence-electron chi connectivity index (χ3n) is 7.12. The molecule has 2 aliphatic rings. The number of hydrogen-bond acceptors (Lipinski definition) is 4. The quantitative estimate of drug-likeness (QED) is 0.388. The van der Waals surface area contributed by atoms with E-state index in [9.17, 15) is 4.79 Å². The predicted molar refractivity (Wildman–Crippen MR) is 136 cm³/mol. The molecule has 0 N–H and O–H groups in total. The van der Waals surface area contributed by atoms with Crippen LogP contribution < -0.4 is 5.56 Å². The van der Waals surface area contributed by atoms with E-state index >= 15 is 0 Å². The van der Waals surface area contributed by atoms with E-state index in [0.29, 0.717) is 11.8 Å². The summed E-state index contributed by atoms with van der Waals surface area (Å²) in [6.45, 7) is 3.72. The topological polar surface area (TPSA) is 38.1 Å². The summed E-state index contributed by atoms with van der Waals surface area (Å²) in [5.41, 5.74) is 6.06. The zero-order chi connectivity index (χ0) is 22.4. The lowest BCUT2D eigenvalue weighted by Crippen LogP contribution is -2.47. The molecular formula is C28H27N3OS. The van der Waals surface area contributed by atoms with Gasteiger partial charge in [0, 0.05) is 65.9 Å². The van der Waals surface area contributed by atoms with Gasteiger partial charge in [-0.1, -0.05) is 30.3 Å². The van der Waals surface area contributed by atoms with Gasteiger partial charge in [-0.25, -0.2) is 0 Å². The molecule has 0 amide bonds. The van der Waals surface area contributed by atoms with Gasteiger partial charge >= 0.3 is 0 Å². The van der Waals surface area contributed by atoms with Crippen LogP contribution in [0.1, 0.15) is 23.6 Å². The second kappa shape index (κ2) is 8.47. The van der Waals surface area contributed by atoms with Crippen LogP contribution >= 0.6 is 11.8 Å². The zero-order valence-electron chi connectivity index (χ0n) is 18.8. The Labute approximate surface area is 198 Å². The van der Waals surface area contributed by atoms with Crippen molar-refractivity contribution in [3.8, 4) is 11.1 Å². The molecule has 166 valence electrons. The molecule has 5 heteroatoms. The van der Waals surface area contributed by atoms with E-state index < -0.39 is 0 Å². The Morgan fingerprint density at radius 1 is 1.00 bits per heavy atom. The minimum atomic E-state index is 0.136. The third-order valence-corrected chi connectivity index (χ3v) is 7.86. The molecule has 2 atom stereocenters. The molecule has 2 aromatic carbocycles. The summed E-state index contributed by atoms with van der Waals surface area (Å²) >= 11 is 1.75. The monoisotopic (exact) mass is 453 g/mol. The fourth-order valence-electron chi connectivity index (χ4n) is 5.72. The van der Waals surface area contributed by atoms with E-state index in [2.05, 4.69) is 69.2 Å². The van der Waals surface area contributed by atoms with Crippen LogP contribution in [0.5, 0.6) is 0 Å². The highest BCUT2D eigenvalue weighted by Gasteiger charge is 2.36. The van der Waals surface area contributed by atoms with Crippen molar-refractivity contribution in [3.63, 3.8) is 0 Å². The van der Waals surface area contributed by atoms with E-state index in [0.717, 1.165) is 38.1 Å². The van der Waals surface area contributed by atoms with Crippen LogP contribution in [0.3, 0.4) is 0 Å². The van der Waals surface area contributed by atoms with Gasteiger partial charge in [-0.2, -0.15) is 0 Å². The lowest BCUT2D eigenvalue weighted by atomic mass is 9.80. The zero-order valence-corrected chi connectivity index (χ0v) is 19.6. The summed E-state index contributed by atoms with van der Waals surface area (Å²) in [6, 6.07) is 23.1. The van der Waals surface area contributed by atoms with Gasteiger partial charge in [0.1, 0.15) is 0 Å². The molecule has 2 bridgehead atoms. The van der Waals surface area contributed by atoms with E-state index in [1.54, 1.807) is 17.8 Å². The van der Waals surface area contributed by atoms with E-state index in [1.165, 1.54) is 32.7 Å². The van der Waals surface area contributed by atoms with Gasteiger partial charge in [-0.3, -0.25) is 14.7 Å². The molecule has 33 heavy (non-hydrogen) atoms. The van der Waals surface area contributed by atoms with Crippen molar-refractivity contribution in [1.82, 2.24) is 14.5 Å². The molecule has 1 fully saturated rings. The minimum Gasteiger partial charge on any atom is -0.311 e.